The average molecular weight is 274 g/mol. The van der Waals surface area contributed by atoms with Crippen LogP contribution in [0, 0.1) is 5.41 Å². The smallest absolute Gasteiger partial charge is 0.248 e. The molecule has 2 aliphatic rings. The molecule has 0 bridgehead atoms. The van der Waals surface area contributed by atoms with Crippen molar-refractivity contribution in [3.8, 4) is 0 Å². The van der Waals surface area contributed by atoms with E-state index in [1.807, 2.05) is 24.3 Å². The molecule has 0 aliphatic carbocycles. The first kappa shape index (κ1) is 13.6. The molecule has 1 spiro atoms. The first-order valence-electron chi connectivity index (χ1n) is 7.36. The molecule has 1 atom stereocenters. The van der Waals surface area contributed by atoms with Crippen molar-refractivity contribution in [1.29, 1.82) is 0 Å². The number of carbonyl (C=O) groups is 1. The van der Waals surface area contributed by atoms with E-state index in [0.29, 0.717) is 11.0 Å². The van der Waals surface area contributed by atoms with Crippen LogP contribution in [0.15, 0.2) is 24.3 Å². The number of nitrogens with zero attached hydrogens (tertiary/aromatic N) is 1. The Balaban J connectivity index is 1.63. The molecule has 1 aromatic carbocycles. The highest BCUT2D eigenvalue weighted by Crippen LogP contribution is 2.37. The molecule has 4 heteroatoms. The third-order valence-corrected chi connectivity index (χ3v) is 4.57. The van der Waals surface area contributed by atoms with Gasteiger partial charge in [0.05, 0.1) is 6.61 Å². The predicted molar refractivity (Wildman–Crippen MR) is 77.3 cm³/mol. The zero-order valence-electron chi connectivity index (χ0n) is 11.8. The van der Waals surface area contributed by atoms with Crippen LogP contribution >= 0.6 is 0 Å². The van der Waals surface area contributed by atoms with Gasteiger partial charge in [-0.25, -0.2) is 0 Å². The summed E-state index contributed by atoms with van der Waals surface area (Å²) >= 11 is 0. The Morgan fingerprint density at radius 3 is 2.75 bits per heavy atom. The SMILES string of the molecule is NC(=O)c1ccc(CN2CCCC3(CCOC3)C2)cc1. The first-order valence-corrected chi connectivity index (χ1v) is 7.36. The Morgan fingerprint density at radius 1 is 1.30 bits per heavy atom. The van der Waals surface area contributed by atoms with Gasteiger partial charge in [0.2, 0.25) is 5.91 Å². The normalized spacial score (nSPS) is 27.0. The molecule has 0 saturated carbocycles. The molecule has 2 heterocycles. The average Bonchev–Trinajstić information content (AvgIpc) is 2.87. The number of rotatable bonds is 3. The summed E-state index contributed by atoms with van der Waals surface area (Å²) in [5.74, 6) is -0.364. The maximum atomic E-state index is 11.1. The van der Waals surface area contributed by atoms with E-state index in [0.717, 1.165) is 32.8 Å². The number of hydrogen-bond acceptors (Lipinski definition) is 3. The molecule has 4 nitrogen and oxygen atoms in total. The van der Waals surface area contributed by atoms with Gasteiger partial charge in [-0.1, -0.05) is 12.1 Å². The van der Waals surface area contributed by atoms with E-state index in [1.165, 1.54) is 24.8 Å². The third kappa shape index (κ3) is 2.86. The van der Waals surface area contributed by atoms with E-state index in [9.17, 15) is 4.79 Å². The highest BCUT2D eigenvalue weighted by atomic mass is 16.5. The van der Waals surface area contributed by atoms with Crippen molar-refractivity contribution in [2.45, 2.75) is 25.8 Å². The van der Waals surface area contributed by atoms with E-state index in [1.54, 1.807) is 0 Å². The highest BCUT2D eigenvalue weighted by molar-refractivity contribution is 5.92. The lowest BCUT2D eigenvalue weighted by Gasteiger charge is -2.39. The van der Waals surface area contributed by atoms with Gasteiger partial charge in [0, 0.05) is 30.7 Å². The monoisotopic (exact) mass is 274 g/mol. The third-order valence-electron chi connectivity index (χ3n) is 4.57. The molecule has 1 unspecified atom stereocenters. The second-order valence-electron chi connectivity index (χ2n) is 6.18. The highest BCUT2D eigenvalue weighted by Gasteiger charge is 2.38. The molecule has 2 fully saturated rings. The van der Waals surface area contributed by atoms with Crippen LogP contribution in [0.2, 0.25) is 0 Å². The molecule has 2 aliphatic heterocycles. The summed E-state index contributed by atoms with van der Waals surface area (Å²) in [5.41, 5.74) is 7.48. The lowest BCUT2D eigenvalue weighted by atomic mass is 9.79. The molecule has 3 rings (SSSR count). The van der Waals surface area contributed by atoms with E-state index < -0.39 is 0 Å². The summed E-state index contributed by atoms with van der Waals surface area (Å²) in [7, 11) is 0. The van der Waals surface area contributed by atoms with E-state index in [2.05, 4.69) is 4.90 Å². The van der Waals surface area contributed by atoms with Crippen LogP contribution in [0.3, 0.4) is 0 Å². The number of ether oxygens (including phenoxy) is 1. The summed E-state index contributed by atoms with van der Waals surface area (Å²) in [6, 6.07) is 7.64. The molecule has 20 heavy (non-hydrogen) atoms. The van der Waals surface area contributed by atoms with Crippen molar-refractivity contribution in [3.63, 3.8) is 0 Å². The Kier molecular flexibility index (Phi) is 3.76. The number of hydrogen-bond donors (Lipinski definition) is 1. The van der Waals surface area contributed by atoms with Crippen LogP contribution in [0.1, 0.15) is 35.2 Å². The zero-order valence-corrected chi connectivity index (χ0v) is 11.8. The fraction of sp³-hybridized carbons (Fsp3) is 0.562. The second kappa shape index (κ2) is 5.54. The Morgan fingerprint density at radius 2 is 2.10 bits per heavy atom. The Hall–Kier alpha value is -1.39. The minimum atomic E-state index is -0.364. The summed E-state index contributed by atoms with van der Waals surface area (Å²) in [6.45, 7) is 5.07. The molecule has 108 valence electrons. The van der Waals surface area contributed by atoms with Crippen molar-refractivity contribution in [1.82, 2.24) is 4.90 Å². The maximum Gasteiger partial charge on any atom is 0.248 e. The van der Waals surface area contributed by atoms with Gasteiger partial charge in [-0.05, 0) is 43.5 Å². The maximum absolute atomic E-state index is 11.1. The van der Waals surface area contributed by atoms with E-state index >= 15 is 0 Å². The van der Waals surface area contributed by atoms with Gasteiger partial charge in [-0.3, -0.25) is 9.69 Å². The van der Waals surface area contributed by atoms with E-state index in [4.69, 9.17) is 10.5 Å². The van der Waals surface area contributed by atoms with Gasteiger partial charge in [0.1, 0.15) is 0 Å². The number of nitrogens with two attached hydrogens (primary N) is 1. The number of carbonyl (C=O) groups excluding carboxylic acids is 1. The number of likely N-dealkylation sites (tertiary alicyclic amines) is 1. The molecular formula is C16H22N2O2. The summed E-state index contributed by atoms with van der Waals surface area (Å²) in [6.07, 6.45) is 3.75. The van der Waals surface area contributed by atoms with Crippen molar-refractivity contribution < 1.29 is 9.53 Å². The van der Waals surface area contributed by atoms with Crippen LogP contribution in [0.5, 0.6) is 0 Å². The first-order chi connectivity index (χ1) is 9.67. The minimum absolute atomic E-state index is 0.364. The Labute approximate surface area is 119 Å². The zero-order chi connectivity index (χ0) is 14.0. The van der Waals surface area contributed by atoms with Crippen LogP contribution in [0.4, 0.5) is 0 Å². The Bertz CT molecular complexity index is 478. The molecule has 0 aromatic heterocycles. The standard InChI is InChI=1S/C16H22N2O2/c17-15(19)14-4-2-13(3-5-14)10-18-8-1-6-16(11-18)7-9-20-12-16/h2-5H,1,6-12H2,(H2,17,19). The summed E-state index contributed by atoms with van der Waals surface area (Å²) < 4.78 is 5.60. The van der Waals surface area contributed by atoms with Gasteiger partial charge in [0.25, 0.3) is 0 Å². The van der Waals surface area contributed by atoms with Crippen molar-refractivity contribution in [2.75, 3.05) is 26.3 Å². The van der Waals surface area contributed by atoms with Gasteiger partial charge in [-0.15, -0.1) is 0 Å². The molecule has 1 aromatic rings. The topological polar surface area (TPSA) is 55.6 Å². The largest absolute Gasteiger partial charge is 0.381 e. The van der Waals surface area contributed by atoms with Gasteiger partial charge in [0.15, 0.2) is 0 Å². The quantitative estimate of drug-likeness (QED) is 0.914. The molecule has 2 saturated heterocycles. The lowest BCUT2D eigenvalue weighted by molar-refractivity contribution is 0.0645. The van der Waals surface area contributed by atoms with Crippen molar-refractivity contribution in [3.05, 3.63) is 35.4 Å². The van der Waals surface area contributed by atoms with Crippen molar-refractivity contribution >= 4 is 5.91 Å². The van der Waals surface area contributed by atoms with Crippen LogP contribution < -0.4 is 5.73 Å². The lowest BCUT2D eigenvalue weighted by Crippen LogP contribution is -2.43. The predicted octanol–water partition coefficient (Wildman–Crippen LogP) is 1.79. The number of primary amides is 1. The summed E-state index contributed by atoms with van der Waals surface area (Å²) in [4.78, 5) is 13.6. The fourth-order valence-electron chi connectivity index (χ4n) is 3.45. The number of amides is 1. The van der Waals surface area contributed by atoms with E-state index in [-0.39, 0.29) is 5.91 Å². The minimum Gasteiger partial charge on any atom is -0.381 e. The molecular weight excluding hydrogens is 252 g/mol. The fourth-order valence-corrected chi connectivity index (χ4v) is 3.45. The molecule has 2 N–H and O–H groups in total. The van der Waals surface area contributed by atoms with Crippen LogP contribution in [-0.4, -0.2) is 37.1 Å². The van der Waals surface area contributed by atoms with Crippen LogP contribution in [-0.2, 0) is 11.3 Å². The van der Waals surface area contributed by atoms with Crippen molar-refractivity contribution in [2.24, 2.45) is 11.1 Å². The summed E-state index contributed by atoms with van der Waals surface area (Å²) in [5, 5.41) is 0. The van der Waals surface area contributed by atoms with Gasteiger partial charge < -0.3 is 10.5 Å². The molecule has 1 amide bonds. The van der Waals surface area contributed by atoms with Gasteiger partial charge >= 0.3 is 0 Å². The second-order valence-corrected chi connectivity index (χ2v) is 6.18. The van der Waals surface area contributed by atoms with Crippen LogP contribution in [0.25, 0.3) is 0 Å². The van der Waals surface area contributed by atoms with Gasteiger partial charge in [-0.2, -0.15) is 0 Å². The number of benzene rings is 1. The number of piperidine rings is 1. The molecule has 0 radical (unpaired) electrons.